The fourth-order valence-electron chi connectivity index (χ4n) is 2.68. The Hall–Kier alpha value is -2.34. The van der Waals surface area contributed by atoms with E-state index in [1.165, 1.54) is 0 Å². The zero-order valence-electron chi connectivity index (χ0n) is 16.6. The van der Waals surface area contributed by atoms with Crippen LogP contribution in [-0.4, -0.2) is 35.0 Å². The maximum Gasteiger partial charge on any atom is 0.222 e. The van der Waals surface area contributed by atoms with Gasteiger partial charge in [0.25, 0.3) is 0 Å². The van der Waals surface area contributed by atoms with Gasteiger partial charge in [-0.05, 0) is 36.8 Å². The maximum atomic E-state index is 13.3. The highest BCUT2D eigenvalue weighted by Crippen LogP contribution is 2.30. The Labute approximate surface area is 162 Å². The summed E-state index contributed by atoms with van der Waals surface area (Å²) in [6.07, 6.45) is 0. The van der Waals surface area contributed by atoms with E-state index in [2.05, 4.69) is 5.32 Å². The van der Waals surface area contributed by atoms with Gasteiger partial charge >= 0.3 is 0 Å². The molecule has 0 heterocycles. The SMILES string of the molecule is Cc1ccc(S(=O)(=O)[C@@H](CNC(=O)C(C)C)c2ccc(N(C)C)cc2)cc1. The Morgan fingerprint density at radius 1 is 1.00 bits per heavy atom. The standard InChI is InChI=1S/C21H28N2O3S/c1-15(2)21(24)22-14-20(17-8-10-18(11-9-17)23(4)5)27(25,26)19-12-6-16(3)7-13-19/h6-13,15,20H,14H2,1-5H3,(H,22,24)/t20-/m0/s1. The Balaban J connectivity index is 2.42. The van der Waals surface area contributed by atoms with Gasteiger partial charge < -0.3 is 10.2 Å². The molecular weight excluding hydrogens is 360 g/mol. The topological polar surface area (TPSA) is 66.5 Å². The lowest BCUT2D eigenvalue weighted by atomic mass is 10.1. The van der Waals surface area contributed by atoms with E-state index in [0.717, 1.165) is 11.3 Å². The molecule has 2 aromatic rings. The Morgan fingerprint density at radius 2 is 1.56 bits per heavy atom. The third-order valence-electron chi connectivity index (χ3n) is 4.49. The first-order valence-electron chi connectivity index (χ1n) is 8.98. The molecule has 1 amide bonds. The summed E-state index contributed by atoms with van der Waals surface area (Å²) in [6, 6.07) is 14.2. The largest absolute Gasteiger partial charge is 0.378 e. The first kappa shape index (κ1) is 21.0. The minimum absolute atomic E-state index is 0.0362. The number of hydrogen-bond donors (Lipinski definition) is 1. The van der Waals surface area contributed by atoms with Gasteiger partial charge in [-0.3, -0.25) is 4.79 Å². The van der Waals surface area contributed by atoms with Crippen molar-refractivity contribution < 1.29 is 13.2 Å². The second-order valence-electron chi connectivity index (χ2n) is 7.23. The number of benzene rings is 2. The van der Waals surface area contributed by atoms with Crippen molar-refractivity contribution in [1.82, 2.24) is 5.32 Å². The van der Waals surface area contributed by atoms with Crippen LogP contribution in [0.2, 0.25) is 0 Å². The van der Waals surface area contributed by atoms with Crippen LogP contribution in [0.1, 0.15) is 30.2 Å². The molecule has 0 aromatic heterocycles. The zero-order chi connectivity index (χ0) is 20.2. The second kappa shape index (κ2) is 8.57. The van der Waals surface area contributed by atoms with Crippen molar-refractivity contribution in [3.05, 3.63) is 59.7 Å². The maximum absolute atomic E-state index is 13.3. The minimum atomic E-state index is -3.65. The quantitative estimate of drug-likeness (QED) is 0.790. The monoisotopic (exact) mass is 388 g/mol. The molecule has 0 spiro atoms. The van der Waals surface area contributed by atoms with Crippen molar-refractivity contribution in [3.63, 3.8) is 0 Å². The number of rotatable bonds is 7. The molecule has 0 saturated carbocycles. The summed E-state index contributed by atoms with van der Waals surface area (Å²) in [5, 5.41) is 1.93. The Bertz CT molecular complexity index is 871. The van der Waals surface area contributed by atoms with Crippen molar-refractivity contribution in [1.29, 1.82) is 0 Å². The van der Waals surface area contributed by atoms with Gasteiger partial charge in [0.15, 0.2) is 9.84 Å². The van der Waals surface area contributed by atoms with Crippen molar-refractivity contribution in [3.8, 4) is 0 Å². The summed E-state index contributed by atoms with van der Waals surface area (Å²) in [5.74, 6) is -0.368. The van der Waals surface area contributed by atoms with Crippen LogP contribution in [0.3, 0.4) is 0 Å². The lowest BCUT2D eigenvalue weighted by Gasteiger charge is -2.21. The van der Waals surface area contributed by atoms with Gasteiger partial charge in [0.2, 0.25) is 5.91 Å². The molecule has 0 aliphatic carbocycles. The predicted molar refractivity (Wildman–Crippen MR) is 110 cm³/mol. The number of anilines is 1. The highest BCUT2D eigenvalue weighted by atomic mass is 32.2. The molecule has 1 N–H and O–H groups in total. The van der Waals surface area contributed by atoms with Gasteiger partial charge in [-0.1, -0.05) is 43.7 Å². The van der Waals surface area contributed by atoms with Crippen molar-refractivity contribution in [2.75, 3.05) is 25.5 Å². The van der Waals surface area contributed by atoms with Crippen LogP contribution in [0, 0.1) is 12.8 Å². The van der Waals surface area contributed by atoms with E-state index in [1.54, 1.807) is 38.1 Å². The van der Waals surface area contributed by atoms with Crippen LogP contribution >= 0.6 is 0 Å². The molecule has 2 rings (SSSR count). The van der Waals surface area contributed by atoms with Gasteiger partial charge in [-0.25, -0.2) is 8.42 Å². The van der Waals surface area contributed by atoms with E-state index >= 15 is 0 Å². The lowest BCUT2D eigenvalue weighted by molar-refractivity contribution is -0.123. The van der Waals surface area contributed by atoms with E-state index in [-0.39, 0.29) is 23.3 Å². The molecule has 1 atom stereocenters. The molecule has 27 heavy (non-hydrogen) atoms. The molecule has 5 nitrogen and oxygen atoms in total. The first-order valence-corrected chi connectivity index (χ1v) is 10.5. The van der Waals surface area contributed by atoms with Crippen LogP contribution in [0.25, 0.3) is 0 Å². The average Bonchev–Trinajstić information content (AvgIpc) is 2.62. The highest BCUT2D eigenvalue weighted by molar-refractivity contribution is 7.91. The van der Waals surface area contributed by atoms with Crippen LogP contribution in [0.15, 0.2) is 53.4 Å². The summed E-state index contributed by atoms with van der Waals surface area (Å²) in [6.45, 7) is 5.51. The second-order valence-corrected chi connectivity index (χ2v) is 9.36. The molecule has 0 aliphatic heterocycles. The molecule has 6 heteroatoms. The van der Waals surface area contributed by atoms with Crippen LogP contribution in [0.5, 0.6) is 0 Å². The van der Waals surface area contributed by atoms with E-state index in [9.17, 15) is 13.2 Å². The van der Waals surface area contributed by atoms with Crippen LogP contribution in [0.4, 0.5) is 5.69 Å². The highest BCUT2D eigenvalue weighted by Gasteiger charge is 2.30. The number of carbonyl (C=O) groups excluding carboxylic acids is 1. The number of amides is 1. The van der Waals surface area contributed by atoms with Crippen molar-refractivity contribution in [2.45, 2.75) is 30.9 Å². The zero-order valence-corrected chi connectivity index (χ0v) is 17.4. The molecule has 0 fully saturated rings. The summed E-state index contributed by atoms with van der Waals surface area (Å²) in [7, 11) is 0.204. The van der Waals surface area contributed by atoms with Crippen LogP contribution < -0.4 is 10.2 Å². The normalized spacial score (nSPS) is 12.7. The van der Waals surface area contributed by atoms with Gasteiger partial charge in [0.05, 0.1) is 4.90 Å². The summed E-state index contributed by atoms with van der Waals surface area (Å²) in [4.78, 5) is 14.2. The Morgan fingerprint density at radius 3 is 2.04 bits per heavy atom. The number of sulfone groups is 1. The fourth-order valence-corrected chi connectivity index (χ4v) is 4.35. The molecule has 0 unspecified atom stereocenters. The molecule has 146 valence electrons. The van der Waals surface area contributed by atoms with E-state index in [4.69, 9.17) is 0 Å². The summed E-state index contributed by atoms with van der Waals surface area (Å²) >= 11 is 0. The number of carbonyl (C=O) groups is 1. The number of nitrogens with zero attached hydrogens (tertiary/aromatic N) is 1. The van der Waals surface area contributed by atoms with E-state index in [1.807, 2.05) is 50.2 Å². The van der Waals surface area contributed by atoms with Gasteiger partial charge in [-0.2, -0.15) is 0 Å². The van der Waals surface area contributed by atoms with Gasteiger partial charge in [0, 0.05) is 32.2 Å². The first-order chi connectivity index (χ1) is 12.6. The smallest absolute Gasteiger partial charge is 0.222 e. The molecule has 2 aromatic carbocycles. The molecule has 0 saturated heterocycles. The molecule has 0 bridgehead atoms. The average molecular weight is 389 g/mol. The molecule has 0 aliphatic rings. The molecular formula is C21H28N2O3S. The predicted octanol–water partition coefficient (Wildman–Crippen LogP) is 3.35. The van der Waals surface area contributed by atoms with Crippen molar-refractivity contribution >= 4 is 21.4 Å². The number of aryl methyl sites for hydroxylation is 1. The lowest BCUT2D eigenvalue weighted by Crippen LogP contribution is -2.34. The Kier molecular flexibility index (Phi) is 6.65. The minimum Gasteiger partial charge on any atom is -0.378 e. The number of hydrogen-bond acceptors (Lipinski definition) is 4. The number of nitrogens with one attached hydrogen (secondary N) is 1. The summed E-state index contributed by atoms with van der Waals surface area (Å²) in [5.41, 5.74) is 2.63. The third kappa shape index (κ3) is 5.10. The molecule has 0 radical (unpaired) electrons. The van der Waals surface area contributed by atoms with Gasteiger partial charge in [0.1, 0.15) is 5.25 Å². The van der Waals surface area contributed by atoms with E-state index in [0.29, 0.717) is 5.56 Å². The third-order valence-corrected chi connectivity index (χ3v) is 6.61. The van der Waals surface area contributed by atoms with Gasteiger partial charge in [-0.15, -0.1) is 0 Å². The summed E-state index contributed by atoms with van der Waals surface area (Å²) < 4.78 is 26.6. The van der Waals surface area contributed by atoms with E-state index < -0.39 is 15.1 Å². The fraction of sp³-hybridized carbons (Fsp3) is 0.381. The van der Waals surface area contributed by atoms with Crippen LogP contribution in [-0.2, 0) is 14.6 Å². The van der Waals surface area contributed by atoms with Crippen molar-refractivity contribution in [2.24, 2.45) is 5.92 Å².